The van der Waals surface area contributed by atoms with Gasteiger partial charge in [-0.2, -0.15) is 0 Å². The highest BCUT2D eigenvalue weighted by Gasteiger charge is 2.11. The van der Waals surface area contributed by atoms with E-state index in [1.165, 1.54) is 5.56 Å². The van der Waals surface area contributed by atoms with Gasteiger partial charge in [0.2, 0.25) is 5.91 Å². The minimum atomic E-state index is -0.466. The minimum absolute atomic E-state index is 0.462. The summed E-state index contributed by atoms with van der Waals surface area (Å²) >= 11 is 0. The number of carbonyl (C=O) groups is 1. The second-order valence-corrected chi connectivity index (χ2v) is 6.49. The fourth-order valence-electron chi connectivity index (χ4n) is 3.11. The lowest BCUT2D eigenvalue weighted by Gasteiger charge is -2.07. The third-order valence-electron chi connectivity index (χ3n) is 4.55. The van der Waals surface area contributed by atoms with Gasteiger partial charge in [-0.25, -0.2) is 4.98 Å². The third-order valence-corrected chi connectivity index (χ3v) is 4.55. The molecule has 4 rings (SSSR count). The molecule has 5 nitrogen and oxygen atoms in total. The molecule has 138 valence electrons. The molecule has 0 aliphatic rings. The number of aromatic amines is 1. The summed E-state index contributed by atoms with van der Waals surface area (Å²) in [6.45, 7) is 0.709. The molecule has 0 aliphatic carbocycles. The molecule has 0 spiro atoms. The van der Waals surface area contributed by atoms with E-state index < -0.39 is 5.91 Å². The van der Waals surface area contributed by atoms with Crippen LogP contribution in [0.2, 0.25) is 0 Å². The van der Waals surface area contributed by atoms with Crippen molar-refractivity contribution in [3.63, 3.8) is 0 Å². The van der Waals surface area contributed by atoms with Crippen LogP contribution in [0, 0.1) is 0 Å². The molecule has 28 heavy (non-hydrogen) atoms. The Morgan fingerprint density at radius 3 is 2.50 bits per heavy atom. The Kier molecular flexibility index (Phi) is 4.89. The number of nitrogens with zero attached hydrogens (tertiary/aromatic N) is 1. The average Bonchev–Trinajstić information content (AvgIpc) is 3.14. The average molecular weight is 368 g/mol. The van der Waals surface area contributed by atoms with Crippen molar-refractivity contribution in [2.24, 2.45) is 5.73 Å². The van der Waals surface area contributed by atoms with E-state index in [1.807, 2.05) is 60.8 Å². The number of nitrogens with two attached hydrogens (primary N) is 1. The van der Waals surface area contributed by atoms with Crippen molar-refractivity contribution in [1.82, 2.24) is 9.97 Å². The van der Waals surface area contributed by atoms with Gasteiger partial charge in [-0.1, -0.05) is 60.7 Å². The smallest absolute Gasteiger partial charge is 0.249 e. The number of rotatable bonds is 6. The maximum absolute atomic E-state index is 12.0. The molecule has 0 saturated carbocycles. The van der Waals surface area contributed by atoms with Crippen LogP contribution in [0.3, 0.4) is 0 Å². The largest absolute Gasteiger partial charge is 0.380 e. The summed E-state index contributed by atoms with van der Waals surface area (Å²) < 4.78 is 0. The van der Waals surface area contributed by atoms with Crippen molar-refractivity contribution in [3.05, 3.63) is 95.8 Å². The van der Waals surface area contributed by atoms with E-state index in [4.69, 9.17) is 5.73 Å². The summed E-state index contributed by atoms with van der Waals surface area (Å²) in [7, 11) is 0. The molecule has 5 heteroatoms. The normalized spacial score (nSPS) is 11.5. The van der Waals surface area contributed by atoms with Gasteiger partial charge in [0.05, 0.1) is 11.9 Å². The lowest BCUT2D eigenvalue weighted by atomic mass is 10.0. The summed E-state index contributed by atoms with van der Waals surface area (Å²) in [6.07, 6.45) is 5.44. The number of amides is 1. The summed E-state index contributed by atoms with van der Waals surface area (Å²) in [4.78, 5) is 19.6. The molecule has 0 radical (unpaired) electrons. The van der Waals surface area contributed by atoms with Gasteiger partial charge in [0.1, 0.15) is 5.65 Å². The first-order chi connectivity index (χ1) is 13.7. The van der Waals surface area contributed by atoms with Gasteiger partial charge in [0, 0.05) is 29.3 Å². The van der Waals surface area contributed by atoms with Gasteiger partial charge in [0.25, 0.3) is 0 Å². The van der Waals surface area contributed by atoms with Crippen molar-refractivity contribution >= 4 is 34.3 Å². The second kappa shape index (κ2) is 7.80. The number of aromatic nitrogens is 2. The van der Waals surface area contributed by atoms with Crippen molar-refractivity contribution in [3.8, 4) is 0 Å². The van der Waals surface area contributed by atoms with Crippen molar-refractivity contribution in [2.75, 3.05) is 5.32 Å². The van der Waals surface area contributed by atoms with Gasteiger partial charge in [0.15, 0.2) is 0 Å². The Morgan fingerprint density at radius 1 is 1.07 bits per heavy atom. The summed E-state index contributed by atoms with van der Waals surface area (Å²) in [5.41, 5.74) is 10.6. The van der Waals surface area contributed by atoms with Crippen LogP contribution in [-0.2, 0) is 11.3 Å². The third kappa shape index (κ3) is 3.78. The lowest BCUT2D eigenvalue weighted by Crippen LogP contribution is -2.12. The number of hydrogen-bond acceptors (Lipinski definition) is 3. The van der Waals surface area contributed by atoms with Gasteiger partial charge in [-0.15, -0.1) is 0 Å². The minimum Gasteiger partial charge on any atom is -0.380 e. The first-order valence-corrected chi connectivity index (χ1v) is 9.02. The number of fused-ring (bicyclic) bond motifs is 1. The summed E-state index contributed by atoms with van der Waals surface area (Å²) in [5, 5.41) is 4.31. The molecule has 4 aromatic rings. The molecule has 0 saturated heterocycles. The predicted molar refractivity (Wildman–Crippen MR) is 113 cm³/mol. The molecule has 4 N–H and O–H groups in total. The molecule has 2 heterocycles. The van der Waals surface area contributed by atoms with Gasteiger partial charge >= 0.3 is 0 Å². The summed E-state index contributed by atoms with van der Waals surface area (Å²) in [6, 6.07) is 21.6. The number of carbonyl (C=O) groups excluding carboxylic acids is 1. The molecular formula is C23H20N4O. The van der Waals surface area contributed by atoms with E-state index in [0.717, 1.165) is 27.8 Å². The fraction of sp³-hybridized carbons (Fsp3) is 0.0435. The number of pyridine rings is 1. The van der Waals surface area contributed by atoms with E-state index >= 15 is 0 Å². The Hall–Kier alpha value is -3.86. The number of primary amides is 1. The van der Waals surface area contributed by atoms with Crippen molar-refractivity contribution in [1.29, 1.82) is 0 Å². The first-order valence-electron chi connectivity index (χ1n) is 9.02. The maximum Gasteiger partial charge on any atom is 0.249 e. The SMILES string of the molecule is NC(=O)C(=Cc1c[nH]c2ncc(NCc3ccccc3)cc12)c1ccccc1. The predicted octanol–water partition coefficient (Wildman–Crippen LogP) is 4.20. The van der Waals surface area contributed by atoms with Crippen molar-refractivity contribution < 1.29 is 4.79 Å². The molecule has 0 fully saturated rings. The zero-order chi connectivity index (χ0) is 19.3. The van der Waals surface area contributed by atoms with E-state index in [2.05, 4.69) is 27.4 Å². The second-order valence-electron chi connectivity index (χ2n) is 6.49. The highest BCUT2D eigenvalue weighted by molar-refractivity contribution is 6.24. The Labute approximate surface area is 162 Å². The molecular weight excluding hydrogens is 348 g/mol. The van der Waals surface area contributed by atoms with Crippen LogP contribution in [0.4, 0.5) is 5.69 Å². The highest BCUT2D eigenvalue weighted by atomic mass is 16.1. The number of anilines is 1. The molecule has 1 amide bonds. The van der Waals surface area contributed by atoms with Gasteiger partial charge in [-0.3, -0.25) is 4.79 Å². The lowest BCUT2D eigenvalue weighted by molar-refractivity contribution is -0.112. The van der Waals surface area contributed by atoms with Crippen molar-refractivity contribution in [2.45, 2.75) is 6.54 Å². The van der Waals surface area contributed by atoms with Crippen LogP contribution in [0.1, 0.15) is 16.7 Å². The van der Waals surface area contributed by atoms with E-state index in [9.17, 15) is 4.79 Å². The first kappa shape index (κ1) is 17.5. The molecule has 2 aromatic carbocycles. The summed E-state index contributed by atoms with van der Waals surface area (Å²) in [5.74, 6) is -0.466. The van der Waals surface area contributed by atoms with Crippen LogP contribution in [0.25, 0.3) is 22.7 Å². The fourth-order valence-corrected chi connectivity index (χ4v) is 3.11. The van der Waals surface area contributed by atoms with E-state index in [1.54, 1.807) is 12.3 Å². The van der Waals surface area contributed by atoms with Crippen LogP contribution in [0.15, 0.2) is 79.1 Å². The quantitative estimate of drug-likeness (QED) is 0.446. The molecule has 0 atom stereocenters. The van der Waals surface area contributed by atoms with Crippen LogP contribution >= 0.6 is 0 Å². The van der Waals surface area contributed by atoms with Gasteiger partial charge < -0.3 is 16.0 Å². The number of benzene rings is 2. The van der Waals surface area contributed by atoms with Gasteiger partial charge in [-0.05, 0) is 23.3 Å². The van der Waals surface area contributed by atoms with Crippen LogP contribution in [0.5, 0.6) is 0 Å². The Morgan fingerprint density at radius 2 is 1.79 bits per heavy atom. The number of H-pyrrole nitrogens is 1. The van der Waals surface area contributed by atoms with E-state index in [-0.39, 0.29) is 0 Å². The topological polar surface area (TPSA) is 83.8 Å². The number of nitrogens with one attached hydrogen (secondary N) is 2. The standard InChI is InChI=1S/C23H20N4O/c24-22(28)20(17-9-5-2-6-10-17)11-18-14-26-23-21(18)12-19(15-27-23)25-13-16-7-3-1-4-8-16/h1-12,14-15,25H,13H2,(H2,24,28)(H,26,27). The molecule has 0 unspecified atom stereocenters. The monoisotopic (exact) mass is 368 g/mol. The zero-order valence-electron chi connectivity index (χ0n) is 15.2. The van der Waals surface area contributed by atoms with Crippen LogP contribution in [-0.4, -0.2) is 15.9 Å². The Balaban J connectivity index is 1.66. The zero-order valence-corrected chi connectivity index (χ0v) is 15.2. The van der Waals surface area contributed by atoms with E-state index in [0.29, 0.717) is 12.1 Å². The van der Waals surface area contributed by atoms with Crippen LogP contribution < -0.4 is 11.1 Å². The number of hydrogen-bond donors (Lipinski definition) is 3. The molecule has 2 aromatic heterocycles. The Bertz CT molecular complexity index is 1130. The molecule has 0 aliphatic heterocycles. The molecule has 0 bridgehead atoms. The highest BCUT2D eigenvalue weighted by Crippen LogP contribution is 2.25. The maximum atomic E-state index is 12.0.